The molecule has 0 amide bonds. The SMILES string of the molecule is COCCOCCOCCOCCCNC1CCCC1. The first kappa shape index (κ1) is 17.9. The van der Waals surface area contributed by atoms with Crippen molar-refractivity contribution < 1.29 is 18.9 Å². The maximum absolute atomic E-state index is 5.52. The molecule has 1 saturated carbocycles. The van der Waals surface area contributed by atoms with Crippen LogP contribution < -0.4 is 5.32 Å². The summed E-state index contributed by atoms with van der Waals surface area (Å²) >= 11 is 0. The molecule has 0 unspecified atom stereocenters. The fraction of sp³-hybridized carbons (Fsp3) is 1.00. The maximum Gasteiger partial charge on any atom is 0.0701 e. The molecule has 0 saturated heterocycles. The molecule has 1 fully saturated rings. The minimum absolute atomic E-state index is 0.620. The molecule has 0 aromatic rings. The first-order valence-corrected chi connectivity index (χ1v) is 7.89. The molecule has 0 heterocycles. The molecule has 0 aromatic carbocycles. The molecule has 0 radical (unpaired) electrons. The summed E-state index contributed by atoms with van der Waals surface area (Å²) in [7, 11) is 1.67. The molecule has 20 heavy (non-hydrogen) atoms. The zero-order valence-electron chi connectivity index (χ0n) is 12.9. The largest absolute Gasteiger partial charge is 0.382 e. The number of hydrogen-bond acceptors (Lipinski definition) is 5. The highest BCUT2D eigenvalue weighted by Crippen LogP contribution is 2.17. The van der Waals surface area contributed by atoms with E-state index in [1.165, 1.54) is 25.7 Å². The smallest absolute Gasteiger partial charge is 0.0701 e. The van der Waals surface area contributed by atoms with E-state index in [0.717, 1.165) is 25.6 Å². The van der Waals surface area contributed by atoms with Gasteiger partial charge in [0.25, 0.3) is 0 Å². The zero-order valence-corrected chi connectivity index (χ0v) is 12.9. The minimum Gasteiger partial charge on any atom is -0.382 e. The number of hydrogen-bond donors (Lipinski definition) is 1. The Balaban J connectivity index is 1.66. The van der Waals surface area contributed by atoms with Crippen LogP contribution in [0.2, 0.25) is 0 Å². The normalized spacial score (nSPS) is 16.1. The lowest BCUT2D eigenvalue weighted by Crippen LogP contribution is -2.27. The third-order valence-corrected chi connectivity index (χ3v) is 3.43. The Bertz CT molecular complexity index is 198. The van der Waals surface area contributed by atoms with Gasteiger partial charge in [0.15, 0.2) is 0 Å². The quantitative estimate of drug-likeness (QED) is 0.492. The van der Waals surface area contributed by atoms with Gasteiger partial charge in [0.05, 0.1) is 39.6 Å². The molecule has 120 valence electrons. The van der Waals surface area contributed by atoms with Gasteiger partial charge in [-0.3, -0.25) is 0 Å². The lowest BCUT2D eigenvalue weighted by Gasteiger charge is -2.11. The van der Waals surface area contributed by atoms with Gasteiger partial charge >= 0.3 is 0 Å². The Kier molecular flexibility index (Phi) is 12.3. The fourth-order valence-corrected chi connectivity index (χ4v) is 2.29. The van der Waals surface area contributed by atoms with Crippen molar-refractivity contribution in [1.82, 2.24) is 5.32 Å². The average Bonchev–Trinajstić information content (AvgIpc) is 2.97. The third-order valence-electron chi connectivity index (χ3n) is 3.43. The highest BCUT2D eigenvalue weighted by molar-refractivity contribution is 4.72. The van der Waals surface area contributed by atoms with Gasteiger partial charge in [0.2, 0.25) is 0 Å². The van der Waals surface area contributed by atoms with E-state index in [2.05, 4.69) is 5.32 Å². The standard InChI is InChI=1S/C15H31NO4/c1-17-9-10-19-13-14-20-12-11-18-8-4-7-16-15-5-2-3-6-15/h15-16H,2-14H2,1H3. The van der Waals surface area contributed by atoms with Crippen LogP contribution in [-0.2, 0) is 18.9 Å². The van der Waals surface area contributed by atoms with Crippen LogP contribution in [0.1, 0.15) is 32.1 Å². The Morgan fingerprint density at radius 3 is 1.95 bits per heavy atom. The molecule has 1 rings (SSSR count). The molecule has 0 aromatic heterocycles. The summed E-state index contributed by atoms with van der Waals surface area (Å²) < 4.78 is 21.1. The molecule has 1 aliphatic carbocycles. The van der Waals surface area contributed by atoms with E-state index >= 15 is 0 Å². The van der Waals surface area contributed by atoms with E-state index in [0.29, 0.717) is 39.6 Å². The highest BCUT2D eigenvalue weighted by Gasteiger charge is 2.12. The summed E-state index contributed by atoms with van der Waals surface area (Å²) in [5.74, 6) is 0. The van der Waals surface area contributed by atoms with Crippen LogP contribution in [-0.4, -0.2) is 65.9 Å². The van der Waals surface area contributed by atoms with Crippen molar-refractivity contribution in [3.63, 3.8) is 0 Å². The van der Waals surface area contributed by atoms with Crippen molar-refractivity contribution >= 4 is 0 Å². The molecule has 0 aliphatic heterocycles. The van der Waals surface area contributed by atoms with Crippen molar-refractivity contribution in [3.8, 4) is 0 Å². The Labute approximate surface area is 123 Å². The molecule has 1 aliphatic rings. The van der Waals surface area contributed by atoms with Crippen LogP contribution in [0.15, 0.2) is 0 Å². The van der Waals surface area contributed by atoms with E-state index < -0.39 is 0 Å². The van der Waals surface area contributed by atoms with E-state index in [-0.39, 0.29) is 0 Å². The average molecular weight is 289 g/mol. The molecular formula is C15H31NO4. The topological polar surface area (TPSA) is 49.0 Å². The molecular weight excluding hydrogens is 258 g/mol. The Morgan fingerprint density at radius 1 is 0.800 bits per heavy atom. The fourth-order valence-electron chi connectivity index (χ4n) is 2.29. The first-order valence-electron chi connectivity index (χ1n) is 7.89. The molecule has 0 spiro atoms. The first-order chi connectivity index (χ1) is 9.93. The van der Waals surface area contributed by atoms with E-state index in [1.54, 1.807) is 7.11 Å². The van der Waals surface area contributed by atoms with Crippen LogP contribution in [0.3, 0.4) is 0 Å². The molecule has 5 heteroatoms. The second-order valence-electron chi connectivity index (χ2n) is 5.12. The number of ether oxygens (including phenoxy) is 4. The summed E-state index contributed by atoms with van der Waals surface area (Å²) in [4.78, 5) is 0. The maximum atomic E-state index is 5.52. The predicted octanol–water partition coefficient (Wildman–Crippen LogP) is 1.60. The van der Waals surface area contributed by atoms with Gasteiger partial charge in [-0.1, -0.05) is 12.8 Å². The van der Waals surface area contributed by atoms with Crippen LogP contribution in [0.25, 0.3) is 0 Å². The molecule has 0 atom stereocenters. The summed E-state index contributed by atoms with van der Waals surface area (Å²) in [6, 6.07) is 0.761. The second-order valence-corrected chi connectivity index (χ2v) is 5.12. The van der Waals surface area contributed by atoms with E-state index in [9.17, 15) is 0 Å². The van der Waals surface area contributed by atoms with Crippen LogP contribution >= 0.6 is 0 Å². The van der Waals surface area contributed by atoms with Crippen molar-refractivity contribution in [2.45, 2.75) is 38.1 Å². The van der Waals surface area contributed by atoms with Crippen LogP contribution in [0, 0.1) is 0 Å². The van der Waals surface area contributed by atoms with Gasteiger partial charge in [-0.2, -0.15) is 0 Å². The van der Waals surface area contributed by atoms with Gasteiger partial charge in [0, 0.05) is 19.8 Å². The van der Waals surface area contributed by atoms with Gasteiger partial charge in [-0.15, -0.1) is 0 Å². The number of rotatable bonds is 14. The van der Waals surface area contributed by atoms with Crippen LogP contribution in [0.5, 0.6) is 0 Å². The van der Waals surface area contributed by atoms with E-state index in [1.807, 2.05) is 0 Å². The molecule has 5 nitrogen and oxygen atoms in total. The Hall–Kier alpha value is -0.200. The summed E-state index contributed by atoms with van der Waals surface area (Å²) in [6.45, 7) is 5.70. The van der Waals surface area contributed by atoms with Crippen molar-refractivity contribution in [2.24, 2.45) is 0 Å². The number of nitrogens with one attached hydrogen (secondary N) is 1. The third kappa shape index (κ3) is 10.6. The monoisotopic (exact) mass is 289 g/mol. The summed E-state index contributed by atoms with van der Waals surface area (Å²) in [5.41, 5.74) is 0. The Morgan fingerprint density at radius 2 is 1.35 bits per heavy atom. The van der Waals surface area contributed by atoms with Gasteiger partial charge < -0.3 is 24.3 Å². The van der Waals surface area contributed by atoms with Crippen LogP contribution in [0.4, 0.5) is 0 Å². The summed E-state index contributed by atoms with van der Waals surface area (Å²) in [5, 5.41) is 3.58. The second kappa shape index (κ2) is 13.8. The van der Waals surface area contributed by atoms with Crippen molar-refractivity contribution in [3.05, 3.63) is 0 Å². The lowest BCUT2D eigenvalue weighted by atomic mass is 10.2. The lowest BCUT2D eigenvalue weighted by molar-refractivity contribution is 0.00341. The van der Waals surface area contributed by atoms with Gasteiger partial charge in [0.1, 0.15) is 0 Å². The molecule has 1 N–H and O–H groups in total. The van der Waals surface area contributed by atoms with Gasteiger partial charge in [-0.25, -0.2) is 0 Å². The summed E-state index contributed by atoms with van der Waals surface area (Å²) in [6.07, 6.45) is 6.56. The van der Waals surface area contributed by atoms with Crippen molar-refractivity contribution in [1.29, 1.82) is 0 Å². The minimum atomic E-state index is 0.620. The molecule has 0 bridgehead atoms. The van der Waals surface area contributed by atoms with E-state index in [4.69, 9.17) is 18.9 Å². The van der Waals surface area contributed by atoms with Gasteiger partial charge in [-0.05, 0) is 25.8 Å². The number of methoxy groups -OCH3 is 1. The van der Waals surface area contributed by atoms with Crippen molar-refractivity contribution in [2.75, 3.05) is 59.9 Å². The highest BCUT2D eigenvalue weighted by atomic mass is 16.6. The predicted molar refractivity (Wildman–Crippen MR) is 79.2 cm³/mol. The zero-order chi connectivity index (χ0) is 14.3.